The Hall–Kier alpha value is -10.9. The van der Waals surface area contributed by atoms with Gasteiger partial charge in [-0.2, -0.15) is 35.6 Å². The number of esters is 1. The number of Topliss-reactive ketones (excluding diaryl/α,β-unsaturated/α-hetero) is 2. The first-order valence-corrected chi connectivity index (χ1v) is 34.4. The second-order valence-corrected chi connectivity index (χ2v) is 28.1. The molecule has 0 atom stereocenters. The van der Waals surface area contributed by atoms with E-state index in [1.807, 2.05) is 90.9 Å². The zero-order chi connectivity index (χ0) is 79.2. The van der Waals surface area contributed by atoms with E-state index in [1.165, 1.54) is 12.1 Å². The molecule has 0 radical (unpaired) electrons. The molecule has 0 saturated heterocycles. The van der Waals surface area contributed by atoms with Crippen molar-refractivity contribution in [2.24, 2.45) is 10.1 Å². The lowest BCUT2D eigenvalue weighted by Gasteiger charge is -2.23. The summed E-state index contributed by atoms with van der Waals surface area (Å²) in [5.41, 5.74) is 10.2. The summed E-state index contributed by atoms with van der Waals surface area (Å²) in [5, 5.41) is 26.3. The lowest BCUT2D eigenvalue weighted by atomic mass is 10.1. The number of imidazole rings is 3. The van der Waals surface area contributed by atoms with Crippen LogP contribution in [0.3, 0.4) is 0 Å². The van der Waals surface area contributed by atoms with Crippen molar-refractivity contribution in [2.45, 2.75) is 112 Å². The van der Waals surface area contributed by atoms with Gasteiger partial charge in [-0.1, -0.05) is 69.6 Å². The van der Waals surface area contributed by atoms with Crippen LogP contribution >= 0.6 is 69.6 Å². The number of benzene rings is 6. The number of rotatable bonds is 18. The van der Waals surface area contributed by atoms with Crippen molar-refractivity contribution in [1.29, 1.82) is 10.5 Å². The molecule has 6 aromatic carbocycles. The molecule has 3 aromatic heterocycles. The number of aliphatic imine (C=N–C) groups is 1. The summed E-state index contributed by atoms with van der Waals surface area (Å²) in [4.78, 5) is 88.9. The highest BCUT2D eigenvalue weighted by atomic mass is 35.5. The highest BCUT2D eigenvalue weighted by Crippen LogP contribution is 2.44. The van der Waals surface area contributed by atoms with Gasteiger partial charge in [-0.3, -0.25) is 48.0 Å². The highest BCUT2D eigenvalue weighted by Gasteiger charge is 2.31. The third-order valence-corrected chi connectivity index (χ3v) is 16.3. The predicted molar refractivity (Wildman–Crippen MR) is 408 cm³/mol. The molecule has 4 heterocycles. The Balaban J connectivity index is 0.000000212. The summed E-state index contributed by atoms with van der Waals surface area (Å²) in [5.74, 6) is -0.994. The number of nitriles is 2. The van der Waals surface area contributed by atoms with Gasteiger partial charge in [0.1, 0.15) is 35.8 Å². The summed E-state index contributed by atoms with van der Waals surface area (Å²) in [6, 6.07) is 30.4. The van der Waals surface area contributed by atoms with Crippen LogP contribution in [0.2, 0.25) is 30.1 Å². The Kier molecular flexibility index (Phi) is 28.0. The first-order valence-electron chi connectivity index (χ1n) is 32.2. The Morgan fingerprint density at radius 3 is 1.36 bits per heavy atom. The number of hydrogen-bond acceptors (Lipinski definition) is 22. The second-order valence-electron chi connectivity index (χ2n) is 25.6. The third kappa shape index (κ3) is 21.0. The average Bonchev–Trinajstić information content (AvgIpc) is 1.67. The minimum atomic E-state index is -0.804. The van der Waals surface area contributed by atoms with Crippen molar-refractivity contribution >= 4 is 161 Å². The van der Waals surface area contributed by atoms with Gasteiger partial charge >= 0.3 is 18.0 Å². The molecule has 107 heavy (non-hydrogen) atoms. The minimum Gasteiger partial charge on any atom is -0.468 e. The van der Waals surface area contributed by atoms with E-state index in [1.54, 1.807) is 95.8 Å². The van der Waals surface area contributed by atoms with Gasteiger partial charge in [0.05, 0.1) is 116 Å². The number of amides is 3. The fraction of sp³-hybridized carbons (Fsp3) is 0.315. The van der Waals surface area contributed by atoms with E-state index in [9.17, 15) is 34.0 Å². The zero-order valence-electron chi connectivity index (χ0n) is 60.3. The standard InChI is InChI=1S/C26H26Cl2N4O5.C23H19Cl2N5O4.C18H19Cl2N3O2.C6H8N2O3/c1-6-36-23(34)12-22(33)20(13-29)30-14-15-9-17(27)24(18(28)10-15)37-16-7-8-19-21(11-16)32(26(2,3)4)25(31-19)35-5;1-23(2,3)29-18-9-13(5-6-16(18)27-22(29)33-4)34-21-14(24)7-12(8-15(21)25)30-20(32)10-19(31)17(11-26)28-30;1-18(2,3)23-15-9-11(5-6-14(15)22-17(23)24-4)25-16-12(19)7-10(21)8-13(16)20;1-3-11-6(10)8-5(9)4-7-2/h7-11H,6,12,14H2,1-5H3;5-9H,10H2,1-4H3;5-9H,21H2,1-4H3;3-4H2,1H3,(H,8,9,10). The molecular weight excluding hydrogens is 1510 g/mol. The quantitative estimate of drug-likeness (QED) is 0.0265. The number of hydrogen-bond donors (Lipinski definition) is 2. The van der Waals surface area contributed by atoms with Gasteiger partial charge in [-0.25, -0.2) is 11.4 Å². The number of anilines is 2. The number of carbonyl (C=O) groups excluding carboxylic acids is 6. The van der Waals surface area contributed by atoms with Crippen LogP contribution in [0.4, 0.5) is 16.2 Å². The number of fused-ring (bicyclic) bond motifs is 3. The number of nitrogens with one attached hydrogen (secondary N) is 1. The highest BCUT2D eigenvalue weighted by molar-refractivity contribution is 6.50. The predicted octanol–water partition coefficient (Wildman–Crippen LogP) is 16.6. The number of nitrogen functional groups attached to an aromatic ring is 1. The van der Waals surface area contributed by atoms with E-state index in [0.717, 1.165) is 38.1 Å². The number of carbonyl (C=O) groups is 6. The molecule has 9 aromatic rings. The summed E-state index contributed by atoms with van der Waals surface area (Å²) >= 11 is 38.2. The molecule has 3 N–H and O–H groups in total. The van der Waals surface area contributed by atoms with Crippen molar-refractivity contribution in [3.63, 3.8) is 0 Å². The van der Waals surface area contributed by atoms with Gasteiger partial charge in [-0.15, -0.1) is 0 Å². The normalized spacial score (nSPS) is 12.2. The third-order valence-electron chi connectivity index (χ3n) is 14.6. The Bertz CT molecular complexity index is 5060. The number of hydrazone groups is 1. The summed E-state index contributed by atoms with van der Waals surface area (Å²) < 4.78 is 49.3. The summed E-state index contributed by atoms with van der Waals surface area (Å²) in [6.07, 6.45) is -1.83. The van der Waals surface area contributed by atoms with E-state index < -0.39 is 48.3 Å². The number of ether oxygens (including phenoxy) is 8. The molecule has 1 aliphatic heterocycles. The zero-order valence-corrected chi connectivity index (χ0v) is 64.9. The minimum absolute atomic E-state index is 0.0479. The number of halogens is 6. The molecular formula is C73H72Cl6N14O14. The molecule has 10 rings (SSSR count). The molecule has 34 heteroatoms. The van der Waals surface area contributed by atoms with Crippen LogP contribution in [-0.2, 0) is 56.6 Å². The van der Waals surface area contributed by atoms with Gasteiger partial charge in [0.2, 0.25) is 17.3 Å². The van der Waals surface area contributed by atoms with Crippen LogP contribution in [0, 0.1) is 29.2 Å². The molecule has 0 aliphatic carbocycles. The maximum absolute atomic E-state index is 12.3. The van der Waals surface area contributed by atoms with Gasteiger partial charge in [-0.05, 0) is 155 Å². The number of alkyl carbamates (subject to hydrolysis) is 1. The van der Waals surface area contributed by atoms with Crippen molar-refractivity contribution in [3.8, 4) is 64.7 Å². The maximum atomic E-state index is 12.3. The van der Waals surface area contributed by atoms with Crippen LogP contribution in [0.5, 0.6) is 52.5 Å². The molecule has 0 spiro atoms. The van der Waals surface area contributed by atoms with Gasteiger partial charge in [0.25, 0.3) is 30.5 Å². The van der Waals surface area contributed by atoms with E-state index in [-0.39, 0.29) is 91.6 Å². The second kappa shape index (κ2) is 35.9. The lowest BCUT2D eigenvalue weighted by Crippen LogP contribution is -2.36. The van der Waals surface area contributed by atoms with Gasteiger partial charge in [0, 0.05) is 40.5 Å². The number of methoxy groups -OCH3 is 3. The van der Waals surface area contributed by atoms with Crippen molar-refractivity contribution in [3.05, 3.63) is 138 Å². The topological polar surface area (TPSA) is 348 Å². The SMILES string of the molecule is CCOC(=O)CC(=O)C(C#N)=NCc1cc(Cl)c(Oc2ccc3nc(OC)n(C(C)(C)C)c3c2)c(Cl)c1.COc1nc2ccc(Oc3c(Cl)cc(N)cc3Cl)cc2n1C(C)(C)C.COc1nc2ccc(Oc3c(Cl)cc(N4N=C(C#N)C(=O)CC4=O)cc3Cl)cc2n1C(C)(C)C.[C-]#[N+]CC(=O)NC(=O)OCC. The Labute approximate surface area is 645 Å². The summed E-state index contributed by atoms with van der Waals surface area (Å²) in [7, 11) is 4.74. The lowest BCUT2D eigenvalue weighted by molar-refractivity contribution is -0.144. The number of ketones is 2. The van der Waals surface area contributed by atoms with E-state index in [2.05, 4.69) is 55.4 Å². The van der Waals surface area contributed by atoms with Gasteiger partial charge < -0.3 is 48.5 Å². The molecule has 28 nitrogen and oxygen atoms in total. The van der Waals surface area contributed by atoms with E-state index >= 15 is 0 Å². The van der Waals surface area contributed by atoms with Gasteiger partial charge in [0.15, 0.2) is 23.0 Å². The van der Waals surface area contributed by atoms with E-state index in [0.29, 0.717) is 62.3 Å². The average molecular weight is 1580 g/mol. The molecule has 0 unspecified atom stereocenters. The van der Waals surface area contributed by atoms with Crippen LogP contribution < -0.4 is 44.5 Å². The van der Waals surface area contributed by atoms with E-state index in [4.69, 9.17) is 120 Å². The number of imide groups is 1. The number of nitrogens with two attached hydrogens (primary N) is 1. The fourth-order valence-corrected chi connectivity index (χ4v) is 12.0. The summed E-state index contributed by atoms with van der Waals surface area (Å²) in [6.45, 7) is 28.0. The maximum Gasteiger partial charge on any atom is 0.414 e. The first kappa shape index (κ1) is 83.4. The van der Waals surface area contributed by atoms with Crippen molar-refractivity contribution in [1.82, 2.24) is 34.0 Å². The van der Waals surface area contributed by atoms with Crippen molar-refractivity contribution in [2.75, 3.05) is 51.8 Å². The molecule has 0 saturated carbocycles. The Morgan fingerprint density at radius 2 is 1.00 bits per heavy atom. The molecule has 1 aliphatic rings. The first-order chi connectivity index (χ1) is 50.4. The van der Waals surface area contributed by atoms with Crippen LogP contribution in [0.15, 0.2) is 101 Å². The molecule has 0 fully saturated rings. The number of nitrogens with zero attached hydrogens (tertiary/aromatic N) is 12. The molecule has 560 valence electrons. The van der Waals surface area contributed by atoms with Crippen LogP contribution in [0.25, 0.3) is 37.9 Å². The fourth-order valence-electron chi connectivity index (χ4n) is 10.2. The van der Waals surface area contributed by atoms with Crippen LogP contribution in [-0.4, -0.2) is 117 Å². The van der Waals surface area contributed by atoms with Crippen molar-refractivity contribution < 1.29 is 66.7 Å². The Morgan fingerprint density at radius 1 is 0.607 bits per heavy atom. The number of aromatic nitrogens is 6. The monoisotopic (exact) mass is 1580 g/mol. The van der Waals surface area contributed by atoms with Crippen LogP contribution in [0.1, 0.15) is 94.6 Å². The smallest absolute Gasteiger partial charge is 0.414 e. The molecule has 0 bridgehead atoms. The molecule has 3 amide bonds. The largest absolute Gasteiger partial charge is 0.468 e.